The molecule has 1 N–H and O–H groups in total. The van der Waals surface area contributed by atoms with Crippen molar-refractivity contribution < 1.29 is 9.13 Å². The zero-order valence-corrected chi connectivity index (χ0v) is 12.2. The van der Waals surface area contributed by atoms with Crippen LogP contribution >= 0.6 is 15.9 Å². The Labute approximate surface area is 116 Å². The largest absolute Gasteiger partial charge is 0.381 e. The molecule has 1 saturated heterocycles. The predicted octanol–water partition coefficient (Wildman–Crippen LogP) is 3.67. The lowest BCUT2D eigenvalue weighted by molar-refractivity contribution is 0.0606. The number of nitrogens with one attached hydrogen (secondary N) is 1. The molecule has 1 atom stereocenters. The molecule has 100 valence electrons. The zero-order valence-electron chi connectivity index (χ0n) is 10.6. The van der Waals surface area contributed by atoms with E-state index in [1.807, 2.05) is 13.1 Å². The fourth-order valence-electron chi connectivity index (χ4n) is 2.54. The Bertz CT molecular complexity index is 373. The summed E-state index contributed by atoms with van der Waals surface area (Å²) < 4.78 is 20.2. The topological polar surface area (TPSA) is 21.3 Å². The van der Waals surface area contributed by atoms with E-state index in [0.717, 1.165) is 42.5 Å². The molecule has 1 heterocycles. The van der Waals surface area contributed by atoms with Crippen LogP contribution in [-0.2, 0) is 4.74 Å². The number of halogens is 2. The molecular formula is C14H19BrFNO. The van der Waals surface area contributed by atoms with Crippen molar-refractivity contribution in [2.75, 3.05) is 20.3 Å². The van der Waals surface area contributed by atoms with Crippen molar-refractivity contribution in [3.8, 4) is 0 Å². The molecule has 0 aromatic heterocycles. The molecule has 0 spiro atoms. The summed E-state index contributed by atoms with van der Waals surface area (Å²) in [4.78, 5) is 0. The van der Waals surface area contributed by atoms with E-state index in [1.165, 1.54) is 6.07 Å². The van der Waals surface area contributed by atoms with E-state index >= 15 is 0 Å². The third kappa shape index (κ3) is 3.31. The van der Waals surface area contributed by atoms with Gasteiger partial charge in [0.2, 0.25) is 0 Å². The maximum absolute atomic E-state index is 13.9. The predicted molar refractivity (Wildman–Crippen MR) is 74.1 cm³/mol. The molecule has 2 nitrogen and oxygen atoms in total. The van der Waals surface area contributed by atoms with Gasteiger partial charge in [-0.05, 0) is 44.4 Å². The highest BCUT2D eigenvalue weighted by Crippen LogP contribution is 2.32. The Balaban J connectivity index is 2.12. The molecule has 1 aliphatic rings. The lowest BCUT2D eigenvalue weighted by atomic mass is 9.89. The van der Waals surface area contributed by atoms with Gasteiger partial charge in [0.1, 0.15) is 5.82 Å². The van der Waals surface area contributed by atoms with Crippen molar-refractivity contribution >= 4 is 15.9 Å². The highest BCUT2D eigenvalue weighted by Gasteiger charge is 2.23. The van der Waals surface area contributed by atoms with E-state index in [2.05, 4.69) is 21.2 Å². The fourth-order valence-corrected chi connectivity index (χ4v) is 3.16. The van der Waals surface area contributed by atoms with Crippen molar-refractivity contribution in [1.29, 1.82) is 0 Å². The van der Waals surface area contributed by atoms with Crippen molar-refractivity contribution in [2.24, 2.45) is 5.92 Å². The van der Waals surface area contributed by atoms with Gasteiger partial charge < -0.3 is 10.1 Å². The minimum atomic E-state index is -0.143. The molecule has 2 rings (SSSR count). The molecule has 0 aliphatic carbocycles. The second-order valence-electron chi connectivity index (χ2n) is 4.77. The summed E-state index contributed by atoms with van der Waals surface area (Å²) in [5.74, 6) is 0.471. The Morgan fingerprint density at radius 1 is 1.44 bits per heavy atom. The van der Waals surface area contributed by atoms with Gasteiger partial charge >= 0.3 is 0 Å². The number of ether oxygens (including phenoxy) is 1. The summed E-state index contributed by atoms with van der Waals surface area (Å²) >= 11 is 3.45. The second kappa shape index (κ2) is 6.64. The van der Waals surface area contributed by atoms with Gasteiger partial charge in [0, 0.05) is 29.3 Å². The number of hydrogen-bond donors (Lipinski definition) is 1. The first kappa shape index (κ1) is 14.0. The van der Waals surface area contributed by atoms with E-state index in [-0.39, 0.29) is 11.9 Å². The minimum Gasteiger partial charge on any atom is -0.381 e. The second-order valence-corrected chi connectivity index (χ2v) is 5.62. The molecule has 1 aromatic rings. The summed E-state index contributed by atoms with van der Waals surface area (Å²) in [5.41, 5.74) is 0.742. The molecule has 0 saturated carbocycles. The first-order valence-electron chi connectivity index (χ1n) is 6.41. The van der Waals surface area contributed by atoms with Crippen LogP contribution < -0.4 is 5.32 Å². The van der Waals surface area contributed by atoms with Crippen LogP contribution in [0.5, 0.6) is 0 Å². The van der Waals surface area contributed by atoms with Crippen LogP contribution in [0.4, 0.5) is 4.39 Å². The SMILES string of the molecule is CNC(CC1CCOCC1)c1c(F)cccc1Br. The number of hydrogen-bond acceptors (Lipinski definition) is 2. The zero-order chi connectivity index (χ0) is 13.0. The van der Waals surface area contributed by atoms with Crippen LogP contribution in [0, 0.1) is 11.7 Å². The summed E-state index contributed by atoms with van der Waals surface area (Å²) in [7, 11) is 1.89. The van der Waals surface area contributed by atoms with Crippen LogP contribution in [0.25, 0.3) is 0 Å². The summed E-state index contributed by atoms with van der Waals surface area (Å²) in [6.45, 7) is 1.67. The van der Waals surface area contributed by atoms with E-state index < -0.39 is 0 Å². The van der Waals surface area contributed by atoms with Crippen LogP contribution in [0.15, 0.2) is 22.7 Å². The van der Waals surface area contributed by atoms with E-state index in [0.29, 0.717) is 5.92 Å². The Hall–Kier alpha value is -0.450. The van der Waals surface area contributed by atoms with Gasteiger partial charge in [0.05, 0.1) is 0 Å². The molecule has 4 heteroatoms. The third-order valence-corrected chi connectivity index (χ3v) is 4.30. The Kier molecular flexibility index (Phi) is 5.15. The van der Waals surface area contributed by atoms with Crippen molar-refractivity contribution in [3.63, 3.8) is 0 Å². The molecule has 0 bridgehead atoms. The lowest BCUT2D eigenvalue weighted by Gasteiger charge is -2.27. The smallest absolute Gasteiger partial charge is 0.129 e. The normalized spacial score (nSPS) is 18.8. The Morgan fingerprint density at radius 3 is 2.78 bits per heavy atom. The maximum Gasteiger partial charge on any atom is 0.129 e. The fraction of sp³-hybridized carbons (Fsp3) is 0.571. The van der Waals surface area contributed by atoms with Gasteiger partial charge in [-0.15, -0.1) is 0 Å². The van der Waals surface area contributed by atoms with E-state index in [4.69, 9.17) is 4.74 Å². The highest BCUT2D eigenvalue weighted by atomic mass is 79.9. The lowest BCUT2D eigenvalue weighted by Crippen LogP contribution is -2.25. The molecule has 0 amide bonds. The van der Waals surface area contributed by atoms with Gasteiger partial charge in [-0.1, -0.05) is 22.0 Å². The molecule has 1 aromatic carbocycles. The number of rotatable bonds is 4. The maximum atomic E-state index is 13.9. The van der Waals surface area contributed by atoms with E-state index in [1.54, 1.807) is 6.07 Å². The molecule has 1 unspecified atom stereocenters. The van der Waals surface area contributed by atoms with Crippen molar-refractivity contribution in [1.82, 2.24) is 5.32 Å². The van der Waals surface area contributed by atoms with Crippen molar-refractivity contribution in [3.05, 3.63) is 34.1 Å². The van der Waals surface area contributed by atoms with Gasteiger partial charge in [-0.2, -0.15) is 0 Å². The summed E-state index contributed by atoms with van der Waals surface area (Å²) in [6, 6.07) is 5.20. The van der Waals surface area contributed by atoms with Crippen LogP contribution in [-0.4, -0.2) is 20.3 Å². The summed E-state index contributed by atoms with van der Waals surface area (Å²) in [6.07, 6.45) is 3.11. The van der Waals surface area contributed by atoms with Crippen LogP contribution in [0.3, 0.4) is 0 Å². The minimum absolute atomic E-state index is 0.0590. The quantitative estimate of drug-likeness (QED) is 0.915. The van der Waals surface area contributed by atoms with Gasteiger partial charge in [-0.25, -0.2) is 4.39 Å². The van der Waals surface area contributed by atoms with Gasteiger partial charge in [-0.3, -0.25) is 0 Å². The van der Waals surface area contributed by atoms with Gasteiger partial charge in [0.25, 0.3) is 0 Å². The summed E-state index contributed by atoms with van der Waals surface area (Å²) in [5, 5.41) is 3.24. The highest BCUT2D eigenvalue weighted by molar-refractivity contribution is 9.10. The molecule has 1 fully saturated rings. The molecule has 0 radical (unpaired) electrons. The standard InChI is InChI=1S/C14H19BrFNO/c1-17-13(9-10-5-7-18-8-6-10)14-11(15)3-2-4-12(14)16/h2-4,10,13,17H,5-9H2,1H3. The van der Waals surface area contributed by atoms with Crippen LogP contribution in [0.1, 0.15) is 30.9 Å². The molecular weight excluding hydrogens is 297 g/mol. The first-order chi connectivity index (χ1) is 8.72. The molecule has 18 heavy (non-hydrogen) atoms. The van der Waals surface area contributed by atoms with Crippen LogP contribution in [0.2, 0.25) is 0 Å². The van der Waals surface area contributed by atoms with Gasteiger partial charge in [0.15, 0.2) is 0 Å². The number of benzene rings is 1. The monoisotopic (exact) mass is 315 g/mol. The van der Waals surface area contributed by atoms with E-state index in [9.17, 15) is 4.39 Å². The average molecular weight is 316 g/mol. The first-order valence-corrected chi connectivity index (χ1v) is 7.20. The third-order valence-electron chi connectivity index (χ3n) is 3.61. The average Bonchev–Trinajstić information content (AvgIpc) is 2.38. The Morgan fingerprint density at radius 2 is 2.17 bits per heavy atom. The molecule has 1 aliphatic heterocycles. The van der Waals surface area contributed by atoms with Crippen molar-refractivity contribution in [2.45, 2.75) is 25.3 Å².